The monoisotopic (exact) mass is 574 g/mol. The number of fused-ring (bicyclic) bond motifs is 1. The molecule has 0 radical (unpaired) electrons. The van der Waals surface area contributed by atoms with E-state index in [1.165, 1.54) is 0 Å². The van der Waals surface area contributed by atoms with E-state index in [4.69, 9.17) is 93.6 Å². The average Bonchev–Trinajstić information content (AvgIpc) is 3.30. The SMILES string of the molecule is Nc1nccc2c1ncn2C1COC(COP(=O)(OCC(Cl)(Cl)Cl)OCC(Cl)(Cl)Cl)C1. The molecule has 0 spiro atoms. The van der Waals surface area contributed by atoms with Crippen LogP contribution in [0, 0.1) is 0 Å². The molecule has 2 unspecified atom stereocenters. The molecule has 3 heterocycles. The lowest BCUT2D eigenvalue weighted by molar-refractivity contribution is 0.0395. The molecular weight excluding hydrogens is 560 g/mol. The van der Waals surface area contributed by atoms with Crippen molar-refractivity contribution in [3.63, 3.8) is 0 Å². The lowest BCUT2D eigenvalue weighted by atomic mass is 10.2. The Labute approximate surface area is 207 Å². The lowest BCUT2D eigenvalue weighted by Gasteiger charge is -2.23. The number of nitrogens with two attached hydrogens (primary N) is 1. The molecule has 2 N–H and O–H groups in total. The molecule has 1 aliphatic heterocycles. The molecule has 1 fully saturated rings. The van der Waals surface area contributed by atoms with Crippen LogP contribution < -0.4 is 5.73 Å². The Morgan fingerprint density at radius 3 is 2.39 bits per heavy atom. The van der Waals surface area contributed by atoms with Crippen LogP contribution in [-0.4, -0.2) is 54.7 Å². The summed E-state index contributed by atoms with van der Waals surface area (Å²) in [4.78, 5) is 8.32. The fourth-order valence-electron chi connectivity index (χ4n) is 2.86. The van der Waals surface area contributed by atoms with Crippen LogP contribution in [-0.2, 0) is 22.9 Å². The van der Waals surface area contributed by atoms with E-state index >= 15 is 0 Å². The standard InChI is InChI=1S/C15H17Cl6N4O5P/c16-14(17,18)6-29-31(26,30-7-15(19,20)21)28-5-10-3-9(4-27-10)25-8-24-12-11(25)1-2-23-13(12)22/h1-2,8-10H,3-7H2,(H2,22,23). The van der Waals surface area contributed by atoms with Gasteiger partial charge in [-0.25, -0.2) is 14.5 Å². The highest BCUT2D eigenvalue weighted by atomic mass is 35.6. The van der Waals surface area contributed by atoms with Crippen LogP contribution in [0.25, 0.3) is 11.0 Å². The molecule has 16 heteroatoms. The number of hydrogen-bond acceptors (Lipinski definition) is 8. The third-order valence-corrected chi connectivity index (χ3v) is 6.18. The van der Waals surface area contributed by atoms with Gasteiger partial charge in [0.25, 0.3) is 0 Å². The zero-order chi connectivity index (χ0) is 22.9. The summed E-state index contributed by atoms with van der Waals surface area (Å²) in [6.07, 6.45) is 3.37. The zero-order valence-corrected chi connectivity index (χ0v) is 21.0. The van der Waals surface area contributed by atoms with Crippen molar-refractivity contribution in [3.8, 4) is 0 Å². The summed E-state index contributed by atoms with van der Waals surface area (Å²) in [5, 5.41) is 0. The first-order valence-electron chi connectivity index (χ1n) is 8.71. The van der Waals surface area contributed by atoms with E-state index in [-0.39, 0.29) is 12.6 Å². The minimum Gasteiger partial charge on any atom is -0.382 e. The highest BCUT2D eigenvalue weighted by Gasteiger charge is 2.37. The first kappa shape index (κ1) is 25.8. The molecule has 0 aliphatic carbocycles. The number of rotatable bonds is 8. The van der Waals surface area contributed by atoms with Crippen LogP contribution in [0.1, 0.15) is 12.5 Å². The molecule has 3 rings (SSSR count). The Morgan fingerprint density at radius 2 is 1.77 bits per heavy atom. The molecule has 0 saturated carbocycles. The number of hydrogen-bond donors (Lipinski definition) is 1. The van der Waals surface area contributed by atoms with Crippen LogP contribution in [0.2, 0.25) is 0 Å². The molecule has 2 aromatic heterocycles. The second kappa shape index (κ2) is 10.2. The van der Waals surface area contributed by atoms with E-state index in [2.05, 4.69) is 9.97 Å². The summed E-state index contributed by atoms with van der Waals surface area (Å²) < 4.78 is 32.3. The number of aromatic nitrogens is 3. The summed E-state index contributed by atoms with van der Waals surface area (Å²) in [5.74, 6) is 0.341. The summed E-state index contributed by atoms with van der Waals surface area (Å²) >= 11 is 33.8. The fraction of sp³-hybridized carbons (Fsp3) is 0.600. The van der Waals surface area contributed by atoms with Crippen LogP contribution in [0.3, 0.4) is 0 Å². The Kier molecular flexibility index (Phi) is 8.53. The third kappa shape index (κ3) is 7.62. The second-order valence-corrected chi connectivity index (χ2v) is 13.3. The van der Waals surface area contributed by atoms with Gasteiger partial charge in [0.05, 0.1) is 37.2 Å². The normalized spacial score (nSPS) is 20.6. The summed E-state index contributed by atoms with van der Waals surface area (Å²) in [5.41, 5.74) is 7.28. The number of phosphoric acid groups is 1. The number of nitrogen functional groups attached to an aromatic ring is 1. The topological polar surface area (TPSA) is 111 Å². The van der Waals surface area contributed by atoms with Gasteiger partial charge in [-0.2, -0.15) is 0 Å². The predicted molar refractivity (Wildman–Crippen MR) is 121 cm³/mol. The summed E-state index contributed by atoms with van der Waals surface area (Å²) in [6.45, 7) is -0.904. The predicted octanol–water partition coefficient (Wildman–Crippen LogP) is 5.24. The Hall–Kier alpha value is 0.230. The molecule has 0 amide bonds. The summed E-state index contributed by atoms with van der Waals surface area (Å²) in [6, 6.07) is 1.76. The van der Waals surface area contributed by atoms with Crippen molar-refractivity contribution in [2.45, 2.75) is 26.2 Å². The molecule has 1 aliphatic rings. The van der Waals surface area contributed by atoms with Gasteiger partial charge in [-0.15, -0.1) is 0 Å². The van der Waals surface area contributed by atoms with Crippen molar-refractivity contribution in [1.82, 2.24) is 14.5 Å². The van der Waals surface area contributed by atoms with Crippen molar-refractivity contribution >= 4 is 94.3 Å². The van der Waals surface area contributed by atoms with Crippen molar-refractivity contribution in [2.24, 2.45) is 0 Å². The maximum atomic E-state index is 12.9. The van der Waals surface area contributed by atoms with Crippen molar-refractivity contribution in [1.29, 1.82) is 0 Å². The molecule has 174 valence electrons. The van der Waals surface area contributed by atoms with Crippen molar-refractivity contribution in [2.75, 3.05) is 32.2 Å². The zero-order valence-electron chi connectivity index (χ0n) is 15.6. The van der Waals surface area contributed by atoms with Gasteiger partial charge < -0.3 is 15.0 Å². The van der Waals surface area contributed by atoms with Gasteiger partial charge in [0.1, 0.15) is 18.7 Å². The number of nitrogens with zero attached hydrogens (tertiary/aromatic N) is 3. The molecule has 0 aromatic carbocycles. The molecule has 31 heavy (non-hydrogen) atoms. The molecular formula is C15H17Cl6N4O5P. The highest BCUT2D eigenvalue weighted by Crippen LogP contribution is 2.53. The Morgan fingerprint density at radius 1 is 1.13 bits per heavy atom. The number of pyridine rings is 1. The quantitative estimate of drug-likeness (QED) is 0.335. The number of ether oxygens (including phenoxy) is 1. The van der Waals surface area contributed by atoms with Crippen LogP contribution in [0.5, 0.6) is 0 Å². The lowest BCUT2D eigenvalue weighted by Crippen LogP contribution is -2.20. The van der Waals surface area contributed by atoms with E-state index in [9.17, 15) is 4.57 Å². The Bertz CT molecular complexity index is 930. The Balaban J connectivity index is 1.62. The number of phosphoric ester groups is 1. The maximum Gasteiger partial charge on any atom is 0.475 e. The van der Waals surface area contributed by atoms with Gasteiger partial charge in [-0.05, 0) is 12.5 Å². The van der Waals surface area contributed by atoms with Gasteiger partial charge in [0.15, 0.2) is 5.82 Å². The van der Waals surface area contributed by atoms with Gasteiger partial charge >= 0.3 is 7.82 Å². The fourth-order valence-corrected chi connectivity index (χ4v) is 4.92. The van der Waals surface area contributed by atoms with Gasteiger partial charge in [0, 0.05) is 6.20 Å². The average molecular weight is 577 g/mol. The largest absolute Gasteiger partial charge is 0.475 e. The number of alkyl halides is 6. The third-order valence-electron chi connectivity index (χ3n) is 4.16. The number of anilines is 1. The van der Waals surface area contributed by atoms with E-state index in [1.54, 1.807) is 12.5 Å². The second-order valence-electron chi connectivity index (χ2n) is 6.58. The highest BCUT2D eigenvalue weighted by molar-refractivity contribution is 7.48. The van der Waals surface area contributed by atoms with E-state index in [0.29, 0.717) is 24.4 Å². The maximum absolute atomic E-state index is 12.9. The summed E-state index contributed by atoms with van der Waals surface area (Å²) in [7, 11) is -4.22. The van der Waals surface area contributed by atoms with Crippen LogP contribution in [0.15, 0.2) is 18.6 Å². The number of halogens is 6. The van der Waals surface area contributed by atoms with Gasteiger partial charge in [-0.1, -0.05) is 69.6 Å². The minimum atomic E-state index is -4.22. The van der Waals surface area contributed by atoms with E-state index in [1.807, 2.05) is 10.6 Å². The van der Waals surface area contributed by atoms with Crippen LogP contribution in [0.4, 0.5) is 5.82 Å². The van der Waals surface area contributed by atoms with Crippen LogP contribution >= 0.6 is 77.4 Å². The molecule has 1 saturated heterocycles. The molecule has 2 aromatic rings. The first-order valence-corrected chi connectivity index (χ1v) is 12.4. The first-order chi connectivity index (χ1) is 14.4. The minimum absolute atomic E-state index is 0.0519. The van der Waals surface area contributed by atoms with Crippen molar-refractivity contribution in [3.05, 3.63) is 18.6 Å². The van der Waals surface area contributed by atoms with E-state index in [0.717, 1.165) is 5.52 Å². The van der Waals surface area contributed by atoms with Gasteiger partial charge in [-0.3, -0.25) is 13.6 Å². The number of imidazole rings is 1. The molecule has 2 atom stereocenters. The van der Waals surface area contributed by atoms with E-state index < -0.39 is 34.7 Å². The smallest absolute Gasteiger partial charge is 0.382 e. The van der Waals surface area contributed by atoms with Crippen molar-refractivity contribution < 1.29 is 22.9 Å². The molecule has 0 bridgehead atoms. The van der Waals surface area contributed by atoms with Gasteiger partial charge in [0.2, 0.25) is 7.59 Å². The molecule has 9 nitrogen and oxygen atoms in total.